The van der Waals surface area contributed by atoms with E-state index in [4.69, 9.17) is 14.2 Å². The van der Waals surface area contributed by atoms with E-state index in [9.17, 15) is 14.7 Å². The highest BCUT2D eigenvalue weighted by Gasteiger charge is 2.47. The summed E-state index contributed by atoms with van der Waals surface area (Å²) in [6, 6.07) is 0. The molecule has 0 amide bonds. The minimum absolute atomic E-state index is 0.134. The molecule has 23 heavy (non-hydrogen) atoms. The maximum Gasteiger partial charge on any atom is 0.337 e. The minimum Gasteiger partial charge on any atom is -0.454 e. The Hall–Kier alpha value is -1.92. The van der Waals surface area contributed by atoms with Gasteiger partial charge in [0, 0.05) is 12.2 Å². The van der Waals surface area contributed by atoms with E-state index >= 15 is 0 Å². The molecule has 1 fully saturated rings. The smallest absolute Gasteiger partial charge is 0.337 e. The number of rotatable bonds is 3. The van der Waals surface area contributed by atoms with E-state index in [-0.39, 0.29) is 18.3 Å². The molecule has 0 aromatic carbocycles. The van der Waals surface area contributed by atoms with Gasteiger partial charge in [-0.05, 0) is 37.5 Å². The van der Waals surface area contributed by atoms with Crippen LogP contribution in [0.3, 0.4) is 0 Å². The van der Waals surface area contributed by atoms with Crippen LogP contribution in [0.25, 0.3) is 0 Å². The minimum atomic E-state index is -0.598. The van der Waals surface area contributed by atoms with Gasteiger partial charge in [-0.2, -0.15) is 0 Å². The Morgan fingerprint density at radius 2 is 1.96 bits per heavy atom. The molecule has 4 atom stereocenters. The summed E-state index contributed by atoms with van der Waals surface area (Å²) in [6.45, 7) is 5.97. The number of aliphatic hydroxyl groups is 1. The van der Waals surface area contributed by atoms with E-state index < -0.39 is 30.1 Å². The fourth-order valence-electron chi connectivity index (χ4n) is 3.31. The maximum atomic E-state index is 12.2. The van der Waals surface area contributed by atoms with E-state index in [1.807, 2.05) is 6.92 Å². The van der Waals surface area contributed by atoms with Crippen molar-refractivity contribution in [2.45, 2.75) is 38.1 Å². The van der Waals surface area contributed by atoms with Crippen LogP contribution >= 0.6 is 0 Å². The van der Waals surface area contributed by atoms with Gasteiger partial charge in [0.1, 0.15) is 12.2 Å². The third-order valence-corrected chi connectivity index (χ3v) is 4.48. The van der Waals surface area contributed by atoms with Crippen molar-refractivity contribution in [3.05, 3.63) is 35.5 Å². The van der Waals surface area contributed by atoms with E-state index in [0.717, 1.165) is 5.57 Å². The number of hydrogen-bond donors (Lipinski definition) is 1. The molecule has 0 aromatic heterocycles. The van der Waals surface area contributed by atoms with Crippen molar-refractivity contribution in [2.24, 2.45) is 5.92 Å². The van der Waals surface area contributed by atoms with E-state index in [1.165, 1.54) is 0 Å². The quantitative estimate of drug-likeness (QED) is 0.475. The molecule has 2 bridgehead atoms. The van der Waals surface area contributed by atoms with Crippen LogP contribution in [0.2, 0.25) is 0 Å². The Bertz CT molecular complexity index is 602. The first-order valence-electron chi connectivity index (χ1n) is 7.79. The molecule has 1 saturated heterocycles. The van der Waals surface area contributed by atoms with E-state index in [0.29, 0.717) is 25.0 Å². The number of carbonyl (C=O) groups excluding carboxylic acids is 2. The van der Waals surface area contributed by atoms with Crippen molar-refractivity contribution in [3.8, 4) is 0 Å². The lowest BCUT2D eigenvalue weighted by Crippen LogP contribution is -2.28. The summed E-state index contributed by atoms with van der Waals surface area (Å²) in [5, 5.41) is 9.55. The van der Waals surface area contributed by atoms with Gasteiger partial charge in [0.2, 0.25) is 0 Å². The normalized spacial score (nSPS) is 35.8. The van der Waals surface area contributed by atoms with Crippen LogP contribution < -0.4 is 0 Å². The molecule has 6 heteroatoms. The lowest BCUT2D eigenvalue weighted by atomic mass is 9.87. The monoisotopic (exact) mass is 320 g/mol. The molecule has 0 saturated carbocycles. The average Bonchev–Trinajstić information content (AvgIpc) is 3.02. The molecule has 1 aliphatic carbocycles. The fraction of sp³-hybridized carbons (Fsp3) is 0.529. The van der Waals surface area contributed by atoms with Crippen molar-refractivity contribution in [1.82, 2.24) is 0 Å². The summed E-state index contributed by atoms with van der Waals surface area (Å²) in [5.41, 5.74) is 1.51. The summed E-state index contributed by atoms with van der Waals surface area (Å²) in [4.78, 5) is 24.1. The second kappa shape index (κ2) is 6.29. The van der Waals surface area contributed by atoms with Crippen LogP contribution in [0.4, 0.5) is 0 Å². The third-order valence-electron chi connectivity index (χ3n) is 4.48. The van der Waals surface area contributed by atoms with Crippen LogP contribution in [0.1, 0.15) is 19.8 Å². The Balaban J connectivity index is 2.00. The van der Waals surface area contributed by atoms with Gasteiger partial charge < -0.3 is 19.3 Å². The molecule has 2 heterocycles. The summed E-state index contributed by atoms with van der Waals surface area (Å²) >= 11 is 0. The molecule has 1 N–H and O–H groups in total. The van der Waals surface area contributed by atoms with Gasteiger partial charge in [0.15, 0.2) is 0 Å². The zero-order valence-corrected chi connectivity index (χ0v) is 13.0. The first-order chi connectivity index (χ1) is 11.0. The Labute approximate surface area is 134 Å². The molecule has 2 aliphatic heterocycles. The molecule has 0 aromatic rings. The zero-order chi connectivity index (χ0) is 16.6. The van der Waals surface area contributed by atoms with Gasteiger partial charge >= 0.3 is 11.9 Å². The standard InChI is InChI=1S/C17H20O6/c1-3-21-12-5-4-10(8-18)6-13-15(9(2)16(19)22-13)14-7-11(12)17(20)23-14/h6-7,12-15,18H,2-5,8H2,1H3/b10-6+/t12-,13+,14+,15-/m0/s1. The molecule has 3 rings (SSSR count). The third kappa shape index (κ3) is 2.84. The largest absolute Gasteiger partial charge is 0.454 e. The van der Waals surface area contributed by atoms with Crippen LogP contribution in [0.5, 0.6) is 0 Å². The van der Waals surface area contributed by atoms with Gasteiger partial charge in [0.05, 0.1) is 24.2 Å². The number of carbonyl (C=O) groups is 2. The van der Waals surface area contributed by atoms with Crippen LogP contribution in [-0.2, 0) is 23.8 Å². The molecular weight excluding hydrogens is 300 g/mol. The van der Waals surface area contributed by atoms with Gasteiger partial charge in [-0.15, -0.1) is 0 Å². The topological polar surface area (TPSA) is 82.1 Å². The van der Waals surface area contributed by atoms with Crippen molar-refractivity contribution in [1.29, 1.82) is 0 Å². The second-order valence-corrected chi connectivity index (χ2v) is 5.88. The van der Waals surface area contributed by atoms with Crippen molar-refractivity contribution in [2.75, 3.05) is 13.2 Å². The highest BCUT2D eigenvalue weighted by atomic mass is 16.6. The number of aliphatic hydroxyl groups excluding tert-OH is 1. The van der Waals surface area contributed by atoms with Gasteiger partial charge in [-0.25, -0.2) is 9.59 Å². The number of esters is 2. The lowest BCUT2D eigenvalue weighted by Gasteiger charge is -2.21. The highest BCUT2D eigenvalue weighted by Crippen LogP contribution is 2.38. The van der Waals surface area contributed by atoms with Crippen molar-refractivity contribution in [3.63, 3.8) is 0 Å². The van der Waals surface area contributed by atoms with Crippen LogP contribution in [-0.4, -0.2) is 48.6 Å². The number of ether oxygens (including phenoxy) is 3. The first kappa shape index (κ1) is 16.0. The van der Waals surface area contributed by atoms with E-state index in [2.05, 4.69) is 6.58 Å². The summed E-state index contributed by atoms with van der Waals surface area (Å²) < 4.78 is 16.4. The van der Waals surface area contributed by atoms with Gasteiger partial charge in [0.25, 0.3) is 0 Å². The molecule has 124 valence electrons. The predicted molar refractivity (Wildman–Crippen MR) is 80.3 cm³/mol. The average molecular weight is 320 g/mol. The van der Waals surface area contributed by atoms with Crippen molar-refractivity contribution < 1.29 is 28.9 Å². The van der Waals surface area contributed by atoms with Gasteiger partial charge in [-0.1, -0.05) is 6.58 Å². The molecule has 0 spiro atoms. The number of hydrogen-bond acceptors (Lipinski definition) is 6. The van der Waals surface area contributed by atoms with Crippen LogP contribution in [0, 0.1) is 5.92 Å². The summed E-state index contributed by atoms with van der Waals surface area (Å²) in [5.74, 6) is -1.38. The molecule has 0 radical (unpaired) electrons. The molecule has 6 nitrogen and oxygen atoms in total. The summed E-state index contributed by atoms with van der Waals surface area (Å²) in [6.07, 6.45) is 3.02. The molecular formula is C17H20O6. The molecule has 3 aliphatic rings. The SMILES string of the molecule is C=C1C(=O)O[C@@H]2/C=C(/CO)CC[C@H](OCC)C3=C[C@@H](OC3=O)[C@@H]12. The fourth-order valence-corrected chi connectivity index (χ4v) is 3.31. The first-order valence-corrected chi connectivity index (χ1v) is 7.79. The van der Waals surface area contributed by atoms with E-state index in [1.54, 1.807) is 12.2 Å². The van der Waals surface area contributed by atoms with Gasteiger partial charge in [-0.3, -0.25) is 0 Å². The maximum absolute atomic E-state index is 12.2. The Morgan fingerprint density at radius 1 is 1.26 bits per heavy atom. The zero-order valence-electron chi connectivity index (χ0n) is 13.0. The summed E-state index contributed by atoms with van der Waals surface area (Å²) in [7, 11) is 0. The Kier molecular flexibility index (Phi) is 4.37. The van der Waals surface area contributed by atoms with Crippen LogP contribution in [0.15, 0.2) is 35.5 Å². The lowest BCUT2D eigenvalue weighted by molar-refractivity contribution is -0.142. The highest BCUT2D eigenvalue weighted by molar-refractivity contribution is 5.94. The molecule has 0 unspecified atom stereocenters. The predicted octanol–water partition coefficient (Wildman–Crippen LogP) is 1.05. The number of fused-ring (bicyclic) bond motifs is 3. The van der Waals surface area contributed by atoms with Crippen molar-refractivity contribution >= 4 is 11.9 Å². The second-order valence-electron chi connectivity index (χ2n) is 5.88. The Morgan fingerprint density at radius 3 is 2.65 bits per heavy atom.